The van der Waals surface area contributed by atoms with Gasteiger partial charge in [0.05, 0.1) is 0 Å². The van der Waals surface area contributed by atoms with E-state index < -0.39 is 6.10 Å². The lowest BCUT2D eigenvalue weighted by atomic mass is 9.92. The molecule has 3 heterocycles. The molecule has 0 spiro atoms. The molecular formula is C16H22N4O. The number of nitrogens with zero attached hydrogens (tertiary/aromatic N) is 4. The fourth-order valence-corrected chi connectivity index (χ4v) is 3.05. The number of imidazole rings is 1. The van der Waals surface area contributed by atoms with Crippen LogP contribution in [0.4, 0.5) is 5.82 Å². The van der Waals surface area contributed by atoms with Gasteiger partial charge in [0.25, 0.3) is 0 Å². The summed E-state index contributed by atoms with van der Waals surface area (Å²) in [5.74, 6) is 1.95. The number of aryl methyl sites for hydroxylation is 2. The van der Waals surface area contributed by atoms with E-state index >= 15 is 0 Å². The highest BCUT2D eigenvalue weighted by Gasteiger charge is 2.29. The average molecular weight is 286 g/mol. The Kier molecular flexibility index (Phi) is 3.92. The summed E-state index contributed by atoms with van der Waals surface area (Å²) in [7, 11) is 1.92. The van der Waals surface area contributed by atoms with Crippen molar-refractivity contribution >= 4 is 5.82 Å². The summed E-state index contributed by atoms with van der Waals surface area (Å²) in [6.45, 7) is 3.83. The van der Waals surface area contributed by atoms with E-state index in [1.807, 2.05) is 42.9 Å². The molecule has 2 aromatic rings. The molecule has 5 nitrogen and oxygen atoms in total. The highest BCUT2D eigenvalue weighted by Crippen LogP contribution is 2.30. The minimum absolute atomic E-state index is 0.196. The van der Waals surface area contributed by atoms with Gasteiger partial charge in [0.2, 0.25) is 0 Å². The van der Waals surface area contributed by atoms with E-state index in [-0.39, 0.29) is 5.92 Å². The van der Waals surface area contributed by atoms with Gasteiger partial charge in [0.1, 0.15) is 17.7 Å². The Morgan fingerprint density at radius 3 is 2.95 bits per heavy atom. The third-order valence-corrected chi connectivity index (χ3v) is 4.22. The van der Waals surface area contributed by atoms with Crippen LogP contribution in [0.1, 0.15) is 30.5 Å². The molecule has 1 aliphatic rings. The molecule has 0 saturated carbocycles. The van der Waals surface area contributed by atoms with Gasteiger partial charge in [0.15, 0.2) is 0 Å². The average Bonchev–Trinajstić information content (AvgIpc) is 2.93. The maximum absolute atomic E-state index is 10.6. The zero-order valence-electron chi connectivity index (χ0n) is 12.6. The summed E-state index contributed by atoms with van der Waals surface area (Å²) in [5.41, 5.74) is 1.03. The summed E-state index contributed by atoms with van der Waals surface area (Å²) in [6.07, 6.45) is 5.19. The molecule has 0 aliphatic carbocycles. The van der Waals surface area contributed by atoms with Crippen LogP contribution in [0.3, 0.4) is 0 Å². The molecule has 0 amide bonds. The lowest BCUT2D eigenvalue weighted by Crippen LogP contribution is -2.38. The number of aromatic nitrogens is 3. The second kappa shape index (κ2) is 5.85. The maximum Gasteiger partial charge on any atom is 0.137 e. The van der Waals surface area contributed by atoms with Crippen molar-refractivity contribution in [3.63, 3.8) is 0 Å². The Bertz CT molecular complexity index is 610. The fraction of sp³-hybridized carbons (Fsp3) is 0.500. The smallest absolute Gasteiger partial charge is 0.137 e. The minimum atomic E-state index is -0.516. The Labute approximate surface area is 125 Å². The topological polar surface area (TPSA) is 54.2 Å². The normalized spacial score (nSPS) is 20.5. The van der Waals surface area contributed by atoms with Crippen LogP contribution in [0, 0.1) is 12.8 Å². The summed E-state index contributed by atoms with van der Waals surface area (Å²) in [6, 6.07) is 6.09. The Hall–Kier alpha value is -1.88. The fourth-order valence-electron chi connectivity index (χ4n) is 3.05. The van der Waals surface area contributed by atoms with Crippen LogP contribution in [0.5, 0.6) is 0 Å². The van der Waals surface area contributed by atoms with Crippen molar-refractivity contribution < 1.29 is 5.11 Å². The van der Waals surface area contributed by atoms with Crippen molar-refractivity contribution in [1.29, 1.82) is 0 Å². The number of hydrogen-bond acceptors (Lipinski definition) is 4. The molecule has 0 radical (unpaired) electrons. The molecule has 1 fully saturated rings. The molecule has 21 heavy (non-hydrogen) atoms. The van der Waals surface area contributed by atoms with E-state index in [9.17, 15) is 5.11 Å². The van der Waals surface area contributed by atoms with E-state index in [2.05, 4.69) is 14.9 Å². The van der Waals surface area contributed by atoms with Gasteiger partial charge in [0, 0.05) is 44.1 Å². The summed E-state index contributed by atoms with van der Waals surface area (Å²) >= 11 is 0. The summed E-state index contributed by atoms with van der Waals surface area (Å²) < 4.78 is 1.90. The van der Waals surface area contributed by atoms with Gasteiger partial charge < -0.3 is 14.6 Å². The first kappa shape index (κ1) is 14.1. The van der Waals surface area contributed by atoms with Crippen LogP contribution in [-0.2, 0) is 7.05 Å². The van der Waals surface area contributed by atoms with Crippen LogP contribution in [0.15, 0.2) is 30.6 Å². The first-order valence-electron chi connectivity index (χ1n) is 7.49. The van der Waals surface area contributed by atoms with Gasteiger partial charge in [-0.1, -0.05) is 6.07 Å². The number of piperidine rings is 1. The number of anilines is 1. The lowest BCUT2D eigenvalue weighted by molar-refractivity contribution is 0.0874. The maximum atomic E-state index is 10.6. The minimum Gasteiger partial charge on any atom is -0.385 e. The quantitative estimate of drug-likeness (QED) is 0.938. The van der Waals surface area contributed by atoms with Crippen molar-refractivity contribution in [3.8, 4) is 0 Å². The Balaban J connectivity index is 1.75. The largest absolute Gasteiger partial charge is 0.385 e. The predicted octanol–water partition coefficient (Wildman–Crippen LogP) is 2.07. The summed E-state index contributed by atoms with van der Waals surface area (Å²) in [4.78, 5) is 11.1. The molecule has 0 bridgehead atoms. The number of hydrogen-bond donors (Lipinski definition) is 1. The van der Waals surface area contributed by atoms with Crippen molar-refractivity contribution in [2.45, 2.75) is 25.9 Å². The zero-order chi connectivity index (χ0) is 14.8. The Morgan fingerprint density at radius 2 is 2.24 bits per heavy atom. The molecule has 0 aromatic carbocycles. The van der Waals surface area contributed by atoms with Gasteiger partial charge in [-0.25, -0.2) is 9.97 Å². The van der Waals surface area contributed by atoms with Crippen molar-refractivity contribution in [3.05, 3.63) is 42.1 Å². The SMILES string of the molecule is Cc1cccc(N2CCC[C@H]([C@@H](O)c3nccn3C)C2)n1. The van der Waals surface area contributed by atoms with Crippen molar-refractivity contribution in [2.24, 2.45) is 13.0 Å². The van der Waals surface area contributed by atoms with Crippen LogP contribution < -0.4 is 4.90 Å². The first-order chi connectivity index (χ1) is 10.1. The molecule has 1 aliphatic heterocycles. The van der Waals surface area contributed by atoms with E-state index in [1.165, 1.54) is 0 Å². The highest BCUT2D eigenvalue weighted by molar-refractivity contribution is 5.39. The molecule has 1 saturated heterocycles. The van der Waals surface area contributed by atoms with Crippen LogP contribution in [0.2, 0.25) is 0 Å². The molecule has 5 heteroatoms. The van der Waals surface area contributed by atoms with Crippen LogP contribution in [0.25, 0.3) is 0 Å². The number of pyridine rings is 1. The van der Waals surface area contributed by atoms with E-state index in [4.69, 9.17) is 0 Å². The van der Waals surface area contributed by atoms with Crippen molar-refractivity contribution in [1.82, 2.24) is 14.5 Å². The van der Waals surface area contributed by atoms with E-state index in [0.717, 1.165) is 43.3 Å². The van der Waals surface area contributed by atoms with Gasteiger partial charge in [-0.15, -0.1) is 0 Å². The lowest BCUT2D eigenvalue weighted by Gasteiger charge is -2.35. The summed E-state index contributed by atoms with van der Waals surface area (Å²) in [5, 5.41) is 10.6. The second-order valence-electron chi connectivity index (χ2n) is 5.83. The van der Waals surface area contributed by atoms with Gasteiger partial charge in [-0.3, -0.25) is 0 Å². The number of rotatable bonds is 3. The van der Waals surface area contributed by atoms with E-state index in [1.54, 1.807) is 6.20 Å². The second-order valence-corrected chi connectivity index (χ2v) is 5.83. The molecule has 2 atom stereocenters. The monoisotopic (exact) mass is 286 g/mol. The van der Waals surface area contributed by atoms with Gasteiger partial charge in [-0.05, 0) is 31.9 Å². The van der Waals surface area contributed by atoms with Gasteiger partial charge in [-0.2, -0.15) is 0 Å². The van der Waals surface area contributed by atoms with Crippen molar-refractivity contribution in [2.75, 3.05) is 18.0 Å². The van der Waals surface area contributed by atoms with Crippen LogP contribution in [-0.4, -0.2) is 32.7 Å². The molecule has 2 aromatic heterocycles. The van der Waals surface area contributed by atoms with E-state index in [0.29, 0.717) is 0 Å². The first-order valence-corrected chi connectivity index (χ1v) is 7.49. The van der Waals surface area contributed by atoms with Crippen LogP contribution >= 0.6 is 0 Å². The molecule has 0 unspecified atom stereocenters. The molecule has 3 rings (SSSR count). The standard InChI is InChI=1S/C16H22N4O/c1-12-5-3-7-14(18-12)20-9-4-6-13(11-20)15(21)16-17-8-10-19(16)2/h3,5,7-8,10,13,15,21H,4,6,9,11H2,1-2H3/t13-,15+/m0/s1. The zero-order valence-corrected chi connectivity index (χ0v) is 12.6. The van der Waals surface area contributed by atoms with Gasteiger partial charge >= 0.3 is 0 Å². The predicted molar refractivity (Wildman–Crippen MR) is 82.1 cm³/mol. The molecule has 1 N–H and O–H groups in total. The Morgan fingerprint density at radius 1 is 1.38 bits per heavy atom. The molecular weight excluding hydrogens is 264 g/mol. The number of aliphatic hydroxyl groups is 1. The highest BCUT2D eigenvalue weighted by atomic mass is 16.3. The number of aliphatic hydroxyl groups excluding tert-OH is 1. The third kappa shape index (κ3) is 2.93. The molecule has 112 valence electrons. The third-order valence-electron chi connectivity index (χ3n) is 4.22.